The van der Waals surface area contributed by atoms with Crippen LogP contribution in [0.1, 0.15) is 52.4 Å². The maximum atomic E-state index is 11.6. The predicted octanol–water partition coefficient (Wildman–Crippen LogP) is 1.43. The van der Waals surface area contributed by atoms with Gasteiger partial charge in [0.2, 0.25) is 5.91 Å². The molecule has 1 heterocycles. The standard InChI is InChI=1S/C14H28N2O2/c1-11(2)9-13(17)10-16-14(18)7-6-12-5-3-4-8-15-12/h11-13,15,17H,3-10H2,1-2H3,(H,16,18). The van der Waals surface area contributed by atoms with Crippen molar-refractivity contribution in [3.05, 3.63) is 0 Å². The Morgan fingerprint density at radius 3 is 2.83 bits per heavy atom. The molecule has 0 saturated carbocycles. The fourth-order valence-electron chi connectivity index (χ4n) is 2.42. The average Bonchev–Trinajstić information content (AvgIpc) is 2.34. The normalized spacial score (nSPS) is 21.9. The number of hydrogen-bond donors (Lipinski definition) is 3. The average molecular weight is 256 g/mol. The van der Waals surface area contributed by atoms with E-state index in [9.17, 15) is 9.90 Å². The van der Waals surface area contributed by atoms with Crippen LogP contribution in [0, 0.1) is 5.92 Å². The number of piperidine rings is 1. The Labute approximate surface area is 111 Å². The molecule has 2 atom stereocenters. The first kappa shape index (κ1) is 15.4. The molecule has 3 N–H and O–H groups in total. The Balaban J connectivity index is 2.06. The Morgan fingerprint density at radius 2 is 2.22 bits per heavy atom. The molecule has 1 aliphatic rings. The summed E-state index contributed by atoms with van der Waals surface area (Å²) in [6, 6.07) is 0.505. The van der Waals surface area contributed by atoms with Crippen LogP contribution in [0.5, 0.6) is 0 Å². The fourth-order valence-corrected chi connectivity index (χ4v) is 2.42. The second-order valence-corrected chi connectivity index (χ2v) is 5.77. The van der Waals surface area contributed by atoms with Crippen molar-refractivity contribution in [3.8, 4) is 0 Å². The van der Waals surface area contributed by atoms with Crippen molar-refractivity contribution in [3.63, 3.8) is 0 Å². The molecule has 0 bridgehead atoms. The Bertz CT molecular complexity index is 238. The van der Waals surface area contributed by atoms with Gasteiger partial charge in [0.05, 0.1) is 6.10 Å². The number of aliphatic hydroxyl groups excluding tert-OH is 1. The van der Waals surface area contributed by atoms with Gasteiger partial charge < -0.3 is 15.7 Å². The van der Waals surface area contributed by atoms with Gasteiger partial charge in [-0.05, 0) is 38.1 Å². The third kappa shape index (κ3) is 6.97. The number of aliphatic hydroxyl groups is 1. The van der Waals surface area contributed by atoms with E-state index in [0.29, 0.717) is 24.9 Å². The van der Waals surface area contributed by atoms with Gasteiger partial charge in [0.15, 0.2) is 0 Å². The zero-order valence-corrected chi connectivity index (χ0v) is 11.7. The van der Waals surface area contributed by atoms with E-state index in [2.05, 4.69) is 24.5 Å². The lowest BCUT2D eigenvalue weighted by molar-refractivity contribution is -0.121. The minimum absolute atomic E-state index is 0.0604. The van der Waals surface area contributed by atoms with Gasteiger partial charge in [0, 0.05) is 19.0 Å². The van der Waals surface area contributed by atoms with Crippen LogP contribution in [-0.4, -0.2) is 36.2 Å². The van der Waals surface area contributed by atoms with Crippen LogP contribution in [0.3, 0.4) is 0 Å². The molecular formula is C14H28N2O2. The second kappa shape index (κ2) is 8.48. The number of nitrogens with one attached hydrogen (secondary N) is 2. The van der Waals surface area contributed by atoms with Gasteiger partial charge in [-0.15, -0.1) is 0 Å². The van der Waals surface area contributed by atoms with Crippen molar-refractivity contribution in [1.29, 1.82) is 0 Å². The number of hydrogen-bond acceptors (Lipinski definition) is 3. The first-order chi connectivity index (χ1) is 8.58. The largest absolute Gasteiger partial charge is 0.391 e. The highest BCUT2D eigenvalue weighted by Gasteiger charge is 2.14. The van der Waals surface area contributed by atoms with Crippen molar-refractivity contribution in [2.45, 2.75) is 64.5 Å². The summed E-state index contributed by atoms with van der Waals surface area (Å²) in [5.41, 5.74) is 0. The summed E-state index contributed by atoms with van der Waals surface area (Å²) < 4.78 is 0. The minimum Gasteiger partial charge on any atom is -0.391 e. The lowest BCUT2D eigenvalue weighted by Crippen LogP contribution is -2.37. The summed E-state index contributed by atoms with van der Waals surface area (Å²) in [6.07, 6.45) is 5.50. The van der Waals surface area contributed by atoms with E-state index >= 15 is 0 Å². The van der Waals surface area contributed by atoms with E-state index in [1.54, 1.807) is 0 Å². The molecular weight excluding hydrogens is 228 g/mol. The molecule has 4 heteroatoms. The van der Waals surface area contributed by atoms with Crippen LogP contribution < -0.4 is 10.6 Å². The van der Waals surface area contributed by atoms with Gasteiger partial charge in [-0.3, -0.25) is 4.79 Å². The fraction of sp³-hybridized carbons (Fsp3) is 0.929. The minimum atomic E-state index is -0.415. The predicted molar refractivity (Wildman–Crippen MR) is 73.3 cm³/mol. The van der Waals surface area contributed by atoms with E-state index in [4.69, 9.17) is 0 Å². The Hall–Kier alpha value is -0.610. The Morgan fingerprint density at radius 1 is 1.44 bits per heavy atom. The molecule has 0 radical (unpaired) electrons. The summed E-state index contributed by atoms with van der Waals surface area (Å²) in [5.74, 6) is 0.522. The summed E-state index contributed by atoms with van der Waals surface area (Å²) in [5, 5.41) is 15.9. The molecule has 1 amide bonds. The lowest BCUT2D eigenvalue weighted by atomic mass is 10.0. The molecule has 1 fully saturated rings. The molecule has 2 unspecified atom stereocenters. The van der Waals surface area contributed by atoms with Gasteiger partial charge in [-0.25, -0.2) is 0 Å². The van der Waals surface area contributed by atoms with Crippen molar-refractivity contribution in [2.75, 3.05) is 13.1 Å². The molecule has 1 rings (SSSR count). The van der Waals surface area contributed by atoms with E-state index in [1.165, 1.54) is 19.3 Å². The van der Waals surface area contributed by atoms with Gasteiger partial charge in [-0.1, -0.05) is 20.3 Å². The molecule has 0 spiro atoms. The van der Waals surface area contributed by atoms with Gasteiger partial charge in [0.25, 0.3) is 0 Å². The van der Waals surface area contributed by atoms with Crippen LogP contribution >= 0.6 is 0 Å². The van der Waals surface area contributed by atoms with Gasteiger partial charge in [0.1, 0.15) is 0 Å². The van der Waals surface area contributed by atoms with E-state index in [1.807, 2.05) is 0 Å². The van der Waals surface area contributed by atoms with Crippen molar-refractivity contribution in [2.24, 2.45) is 5.92 Å². The molecule has 0 aromatic rings. The number of carbonyl (C=O) groups is 1. The SMILES string of the molecule is CC(C)CC(O)CNC(=O)CCC1CCCCN1. The number of amides is 1. The van der Waals surface area contributed by atoms with Crippen LogP contribution in [0.25, 0.3) is 0 Å². The molecule has 18 heavy (non-hydrogen) atoms. The maximum absolute atomic E-state index is 11.6. The molecule has 106 valence electrons. The molecule has 1 aliphatic heterocycles. The zero-order chi connectivity index (χ0) is 13.4. The number of rotatable bonds is 7. The molecule has 0 aromatic carbocycles. The molecule has 0 aliphatic carbocycles. The van der Waals surface area contributed by atoms with Gasteiger partial charge >= 0.3 is 0 Å². The van der Waals surface area contributed by atoms with E-state index in [-0.39, 0.29) is 5.91 Å². The summed E-state index contributed by atoms with van der Waals surface area (Å²) in [7, 11) is 0. The highest BCUT2D eigenvalue weighted by Crippen LogP contribution is 2.11. The summed E-state index contributed by atoms with van der Waals surface area (Å²) in [6.45, 7) is 5.61. The van der Waals surface area contributed by atoms with Crippen LogP contribution in [0.15, 0.2) is 0 Å². The van der Waals surface area contributed by atoms with Crippen LogP contribution in [0.2, 0.25) is 0 Å². The van der Waals surface area contributed by atoms with Crippen LogP contribution in [0.4, 0.5) is 0 Å². The zero-order valence-electron chi connectivity index (χ0n) is 11.7. The third-order valence-electron chi connectivity index (χ3n) is 3.41. The van der Waals surface area contributed by atoms with Crippen LogP contribution in [-0.2, 0) is 4.79 Å². The quantitative estimate of drug-likeness (QED) is 0.646. The first-order valence-corrected chi connectivity index (χ1v) is 7.26. The van der Waals surface area contributed by atoms with E-state index < -0.39 is 6.10 Å². The monoisotopic (exact) mass is 256 g/mol. The van der Waals surface area contributed by atoms with Gasteiger partial charge in [-0.2, -0.15) is 0 Å². The van der Waals surface area contributed by atoms with Crippen molar-refractivity contribution >= 4 is 5.91 Å². The topological polar surface area (TPSA) is 61.4 Å². The molecule has 1 saturated heterocycles. The first-order valence-electron chi connectivity index (χ1n) is 7.26. The maximum Gasteiger partial charge on any atom is 0.220 e. The molecule has 4 nitrogen and oxygen atoms in total. The highest BCUT2D eigenvalue weighted by molar-refractivity contribution is 5.75. The second-order valence-electron chi connectivity index (χ2n) is 5.77. The van der Waals surface area contributed by atoms with E-state index in [0.717, 1.165) is 19.4 Å². The number of carbonyl (C=O) groups excluding carboxylic acids is 1. The summed E-state index contributed by atoms with van der Waals surface area (Å²) in [4.78, 5) is 11.6. The third-order valence-corrected chi connectivity index (χ3v) is 3.41. The summed E-state index contributed by atoms with van der Waals surface area (Å²) >= 11 is 0. The lowest BCUT2D eigenvalue weighted by Gasteiger charge is -2.23. The molecule has 0 aromatic heterocycles. The Kier molecular flexibility index (Phi) is 7.28. The smallest absolute Gasteiger partial charge is 0.220 e. The highest BCUT2D eigenvalue weighted by atomic mass is 16.3. The van der Waals surface area contributed by atoms with Crippen molar-refractivity contribution in [1.82, 2.24) is 10.6 Å². The van der Waals surface area contributed by atoms with Crippen molar-refractivity contribution < 1.29 is 9.90 Å².